The number of ether oxygens (including phenoxy) is 2. The fourth-order valence-corrected chi connectivity index (χ4v) is 2.40. The Hall–Kier alpha value is 0.400. The smallest absolute Gasteiger partial charge is 0.158 e. The van der Waals surface area contributed by atoms with Crippen molar-refractivity contribution in [3.05, 3.63) is 0 Å². The largest absolute Gasteiger partial charge is 0.353 e. The molecule has 0 amide bonds. The Labute approximate surface area is 89.1 Å². The van der Waals surface area contributed by atoms with Crippen LogP contribution in [0.2, 0.25) is 0 Å². The molecule has 0 aliphatic carbocycles. The summed E-state index contributed by atoms with van der Waals surface area (Å²) >= 11 is 3.43. The van der Waals surface area contributed by atoms with Gasteiger partial charge in [0.15, 0.2) is 6.29 Å². The maximum absolute atomic E-state index is 5.87. The van der Waals surface area contributed by atoms with Crippen molar-refractivity contribution < 1.29 is 9.47 Å². The fourth-order valence-electron chi connectivity index (χ4n) is 1.45. The molecular formula is C10H19BrO2. The van der Waals surface area contributed by atoms with E-state index in [1.165, 1.54) is 12.8 Å². The molecule has 1 atom stereocenters. The lowest BCUT2D eigenvalue weighted by molar-refractivity contribution is -0.215. The van der Waals surface area contributed by atoms with Crippen LogP contribution in [0.4, 0.5) is 0 Å². The van der Waals surface area contributed by atoms with E-state index in [2.05, 4.69) is 29.8 Å². The predicted octanol–water partition coefficient (Wildman–Crippen LogP) is 3.09. The number of alkyl halides is 1. The minimum absolute atomic E-state index is 0.0304. The molecule has 0 spiro atoms. The Balaban J connectivity index is 2.28. The Kier molecular flexibility index (Phi) is 4.70. The van der Waals surface area contributed by atoms with Gasteiger partial charge in [0.25, 0.3) is 0 Å². The topological polar surface area (TPSA) is 18.5 Å². The van der Waals surface area contributed by atoms with Gasteiger partial charge in [-0.15, -0.1) is 0 Å². The van der Waals surface area contributed by atoms with Crippen molar-refractivity contribution in [1.82, 2.24) is 0 Å². The average molecular weight is 251 g/mol. The summed E-state index contributed by atoms with van der Waals surface area (Å²) in [7, 11) is 0. The molecule has 1 heterocycles. The molecule has 0 N–H and O–H groups in total. The lowest BCUT2D eigenvalue weighted by atomic mass is 10.1. The van der Waals surface area contributed by atoms with Gasteiger partial charge in [-0.25, -0.2) is 0 Å². The van der Waals surface area contributed by atoms with Crippen LogP contribution in [-0.4, -0.2) is 23.8 Å². The van der Waals surface area contributed by atoms with Crippen molar-refractivity contribution in [3.8, 4) is 0 Å². The van der Waals surface area contributed by atoms with Gasteiger partial charge in [-0.1, -0.05) is 15.9 Å². The quantitative estimate of drug-likeness (QED) is 0.715. The zero-order valence-corrected chi connectivity index (χ0v) is 10.1. The zero-order valence-electron chi connectivity index (χ0n) is 8.51. The summed E-state index contributed by atoms with van der Waals surface area (Å²) in [6, 6.07) is 0. The third-order valence-electron chi connectivity index (χ3n) is 2.28. The van der Waals surface area contributed by atoms with Crippen LogP contribution in [0.3, 0.4) is 0 Å². The first-order valence-corrected chi connectivity index (χ1v) is 6.11. The second-order valence-electron chi connectivity index (χ2n) is 4.11. The summed E-state index contributed by atoms with van der Waals surface area (Å²) in [5, 5.41) is 0.979. The van der Waals surface area contributed by atoms with E-state index in [-0.39, 0.29) is 11.9 Å². The molecule has 0 aromatic rings. The van der Waals surface area contributed by atoms with E-state index in [0.29, 0.717) is 0 Å². The van der Waals surface area contributed by atoms with Gasteiger partial charge in [-0.05, 0) is 39.5 Å². The van der Waals surface area contributed by atoms with E-state index in [4.69, 9.17) is 9.47 Å². The Bertz CT molecular complexity index is 142. The van der Waals surface area contributed by atoms with Crippen LogP contribution in [0.25, 0.3) is 0 Å². The van der Waals surface area contributed by atoms with E-state index in [1.807, 2.05) is 0 Å². The van der Waals surface area contributed by atoms with Crippen LogP contribution in [0.5, 0.6) is 0 Å². The number of halogens is 1. The van der Waals surface area contributed by atoms with Gasteiger partial charge in [0, 0.05) is 11.9 Å². The lowest BCUT2D eigenvalue weighted by Crippen LogP contribution is -2.34. The van der Waals surface area contributed by atoms with Crippen LogP contribution in [0.1, 0.15) is 39.5 Å². The number of rotatable bonds is 4. The molecule has 2 nitrogen and oxygen atoms in total. The van der Waals surface area contributed by atoms with Gasteiger partial charge in [0.05, 0.1) is 5.60 Å². The van der Waals surface area contributed by atoms with Crippen molar-refractivity contribution >= 4 is 15.9 Å². The highest BCUT2D eigenvalue weighted by Crippen LogP contribution is 2.23. The third kappa shape index (κ3) is 4.43. The van der Waals surface area contributed by atoms with Gasteiger partial charge in [-0.3, -0.25) is 0 Å². The lowest BCUT2D eigenvalue weighted by Gasteiger charge is -2.32. The Morgan fingerprint density at radius 2 is 2.23 bits per heavy atom. The van der Waals surface area contributed by atoms with Crippen molar-refractivity contribution in [2.24, 2.45) is 0 Å². The van der Waals surface area contributed by atoms with Crippen LogP contribution in [0.15, 0.2) is 0 Å². The molecule has 78 valence electrons. The first kappa shape index (κ1) is 11.5. The van der Waals surface area contributed by atoms with Crippen LogP contribution >= 0.6 is 15.9 Å². The van der Waals surface area contributed by atoms with Gasteiger partial charge in [0.2, 0.25) is 0 Å². The van der Waals surface area contributed by atoms with E-state index < -0.39 is 0 Å². The monoisotopic (exact) mass is 250 g/mol. The van der Waals surface area contributed by atoms with Gasteiger partial charge in [-0.2, -0.15) is 0 Å². The Morgan fingerprint density at radius 1 is 1.46 bits per heavy atom. The molecule has 1 aliphatic heterocycles. The normalized spacial score (nSPS) is 24.7. The third-order valence-corrected chi connectivity index (χ3v) is 2.68. The van der Waals surface area contributed by atoms with E-state index in [1.54, 1.807) is 0 Å². The molecule has 0 aromatic heterocycles. The van der Waals surface area contributed by atoms with Gasteiger partial charge < -0.3 is 9.47 Å². The molecule has 0 bridgehead atoms. The minimum Gasteiger partial charge on any atom is -0.353 e. The Morgan fingerprint density at radius 3 is 2.77 bits per heavy atom. The molecule has 13 heavy (non-hydrogen) atoms. The molecule has 1 aliphatic rings. The van der Waals surface area contributed by atoms with Crippen LogP contribution in [-0.2, 0) is 9.47 Å². The summed E-state index contributed by atoms with van der Waals surface area (Å²) in [5.74, 6) is 0. The molecule has 1 rings (SSSR count). The van der Waals surface area contributed by atoms with Gasteiger partial charge in [0.1, 0.15) is 0 Å². The maximum atomic E-state index is 5.87. The average Bonchev–Trinajstić information content (AvgIpc) is 2.04. The minimum atomic E-state index is -0.0640. The molecule has 1 saturated heterocycles. The number of hydrogen-bond donors (Lipinski definition) is 0. The summed E-state index contributed by atoms with van der Waals surface area (Å²) in [6.45, 7) is 5.09. The molecule has 0 radical (unpaired) electrons. The molecule has 0 saturated carbocycles. The van der Waals surface area contributed by atoms with E-state index in [0.717, 1.165) is 24.8 Å². The van der Waals surface area contributed by atoms with Crippen LogP contribution in [0, 0.1) is 0 Å². The first-order chi connectivity index (χ1) is 6.14. The van der Waals surface area contributed by atoms with Crippen molar-refractivity contribution in [2.45, 2.75) is 51.4 Å². The van der Waals surface area contributed by atoms with E-state index >= 15 is 0 Å². The fraction of sp³-hybridized carbons (Fsp3) is 1.00. The maximum Gasteiger partial charge on any atom is 0.158 e. The van der Waals surface area contributed by atoms with Crippen LogP contribution < -0.4 is 0 Å². The second-order valence-corrected chi connectivity index (χ2v) is 4.91. The number of hydrogen-bond acceptors (Lipinski definition) is 2. The molecule has 3 heteroatoms. The highest BCUT2D eigenvalue weighted by atomic mass is 79.9. The standard InChI is InChI=1S/C10H19BrO2/c1-10(2,6-7-11)13-9-5-3-4-8-12-9/h9H,3-8H2,1-2H3. The summed E-state index contributed by atoms with van der Waals surface area (Å²) in [5.41, 5.74) is -0.0640. The van der Waals surface area contributed by atoms with Crippen molar-refractivity contribution in [3.63, 3.8) is 0 Å². The highest BCUT2D eigenvalue weighted by molar-refractivity contribution is 9.09. The molecule has 0 aromatic carbocycles. The first-order valence-electron chi connectivity index (χ1n) is 4.99. The zero-order chi connectivity index (χ0) is 9.73. The highest BCUT2D eigenvalue weighted by Gasteiger charge is 2.24. The molecule has 1 unspecified atom stereocenters. The van der Waals surface area contributed by atoms with Gasteiger partial charge >= 0.3 is 0 Å². The van der Waals surface area contributed by atoms with Crippen molar-refractivity contribution in [1.29, 1.82) is 0 Å². The SMILES string of the molecule is CC(C)(CCBr)OC1CCCCO1. The summed E-state index contributed by atoms with van der Waals surface area (Å²) in [6.07, 6.45) is 4.51. The summed E-state index contributed by atoms with van der Waals surface area (Å²) in [4.78, 5) is 0. The molecule has 1 fully saturated rings. The van der Waals surface area contributed by atoms with E-state index in [9.17, 15) is 0 Å². The summed E-state index contributed by atoms with van der Waals surface area (Å²) < 4.78 is 11.4. The predicted molar refractivity (Wildman–Crippen MR) is 57.2 cm³/mol. The van der Waals surface area contributed by atoms with Crippen molar-refractivity contribution in [2.75, 3.05) is 11.9 Å². The second kappa shape index (κ2) is 5.32. The molecular weight excluding hydrogens is 232 g/mol.